The summed E-state index contributed by atoms with van der Waals surface area (Å²) in [6.45, 7) is 0.699. The molecule has 3 atom stereocenters. The van der Waals surface area contributed by atoms with Crippen molar-refractivity contribution in [3.8, 4) is 5.75 Å². The number of ether oxygens (including phenoxy) is 3. The second kappa shape index (κ2) is 7.04. The average molecular weight is 318 g/mol. The summed E-state index contributed by atoms with van der Waals surface area (Å²) in [6, 6.07) is 4.31. The van der Waals surface area contributed by atoms with Gasteiger partial charge in [0.1, 0.15) is 12.2 Å². The molecule has 8 heteroatoms. The monoisotopic (exact) mass is 317 g/mol. The number of rotatable bonds is 7. The number of benzene rings is 1. The highest BCUT2D eigenvalue weighted by Crippen LogP contribution is 2.38. The molecule has 0 radical (unpaired) electrons. The molecule has 1 aromatic carbocycles. The lowest BCUT2D eigenvalue weighted by molar-refractivity contribution is -0.386. The van der Waals surface area contributed by atoms with Crippen LogP contribution < -0.4 is 4.74 Å². The zero-order chi connectivity index (χ0) is 15.4. The van der Waals surface area contributed by atoms with Crippen LogP contribution in [-0.2, 0) is 9.47 Å². The molecule has 0 aromatic heterocycles. The van der Waals surface area contributed by atoms with E-state index in [1.165, 1.54) is 18.2 Å². The van der Waals surface area contributed by atoms with Gasteiger partial charge in [0.05, 0.1) is 29.3 Å². The van der Waals surface area contributed by atoms with Gasteiger partial charge in [-0.3, -0.25) is 10.1 Å². The van der Waals surface area contributed by atoms with Crippen LogP contribution in [0.25, 0.3) is 0 Å². The number of nitrogens with zero attached hydrogens (tertiary/aromatic N) is 1. The minimum atomic E-state index is -0.659. The van der Waals surface area contributed by atoms with Crippen molar-refractivity contribution in [2.24, 2.45) is 0 Å². The van der Waals surface area contributed by atoms with Crippen molar-refractivity contribution in [3.63, 3.8) is 0 Å². The van der Waals surface area contributed by atoms with E-state index in [1.807, 2.05) is 0 Å². The molecule has 0 saturated heterocycles. The number of methoxy groups -OCH3 is 1. The summed E-state index contributed by atoms with van der Waals surface area (Å²) < 4.78 is 15.9. The molecule has 0 aliphatic heterocycles. The third-order valence-corrected chi connectivity index (χ3v) is 3.53. The van der Waals surface area contributed by atoms with Gasteiger partial charge < -0.3 is 19.3 Å². The Morgan fingerprint density at radius 1 is 1.48 bits per heavy atom. The number of aliphatic hydroxyl groups excluding tert-OH is 1. The van der Waals surface area contributed by atoms with Gasteiger partial charge in [-0.05, 0) is 6.07 Å². The van der Waals surface area contributed by atoms with Crippen LogP contribution in [-0.4, -0.2) is 48.7 Å². The molecule has 3 unspecified atom stereocenters. The molecule has 21 heavy (non-hydrogen) atoms. The first kappa shape index (κ1) is 16.0. The third-order valence-electron chi connectivity index (χ3n) is 3.23. The van der Waals surface area contributed by atoms with E-state index < -0.39 is 23.2 Å². The van der Waals surface area contributed by atoms with Crippen LogP contribution in [0.2, 0.25) is 5.02 Å². The molecule has 1 fully saturated rings. The molecule has 1 aromatic rings. The Balaban J connectivity index is 2.06. The van der Waals surface area contributed by atoms with Gasteiger partial charge in [-0.2, -0.15) is 0 Å². The molecule has 7 nitrogen and oxygen atoms in total. The Hall–Kier alpha value is -1.41. The molecule has 0 spiro atoms. The first-order valence-corrected chi connectivity index (χ1v) is 6.80. The summed E-state index contributed by atoms with van der Waals surface area (Å²) >= 11 is 5.96. The van der Waals surface area contributed by atoms with Crippen LogP contribution in [0.3, 0.4) is 0 Å². The topological polar surface area (TPSA) is 91.1 Å². The zero-order valence-electron chi connectivity index (χ0n) is 11.4. The van der Waals surface area contributed by atoms with E-state index in [0.29, 0.717) is 19.6 Å². The second-order valence-corrected chi connectivity index (χ2v) is 5.04. The average Bonchev–Trinajstić information content (AvgIpc) is 2.44. The lowest BCUT2D eigenvalue weighted by Crippen LogP contribution is -2.55. The Labute approximate surface area is 126 Å². The molecule has 1 saturated carbocycles. The fourth-order valence-electron chi connectivity index (χ4n) is 2.07. The van der Waals surface area contributed by atoms with Crippen molar-refractivity contribution in [3.05, 3.63) is 33.3 Å². The summed E-state index contributed by atoms with van der Waals surface area (Å²) in [5.74, 6) is 0.00130. The standard InChI is InChI=1S/C13H16ClNO6/c1-19-5-6-20-13-10(16)7-11(13)21-12-8(14)3-2-4-9(12)15(17)18/h2-4,10-11,13,16H,5-7H2,1H3. The maximum absolute atomic E-state index is 11.0. The summed E-state index contributed by atoms with van der Waals surface area (Å²) in [6.07, 6.45) is -1.35. The van der Waals surface area contributed by atoms with Crippen LogP contribution >= 0.6 is 11.6 Å². The van der Waals surface area contributed by atoms with Crippen molar-refractivity contribution in [2.45, 2.75) is 24.7 Å². The van der Waals surface area contributed by atoms with Crippen molar-refractivity contribution in [1.82, 2.24) is 0 Å². The Kier molecular flexibility index (Phi) is 5.35. The maximum atomic E-state index is 11.0. The van der Waals surface area contributed by atoms with Gasteiger partial charge >= 0.3 is 5.69 Å². The lowest BCUT2D eigenvalue weighted by atomic mass is 9.88. The van der Waals surface area contributed by atoms with Gasteiger partial charge in [-0.25, -0.2) is 0 Å². The number of aliphatic hydroxyl groups is 1. The molecular formula is C13H16ClNO6. The van der Waals surface area contributed by atoms with Crippen molar-refractivity contribution in [1.29, 1.82) is 0 Å². The van der Waals surface area contributed by atoms with Gasteiger partial charge in [0, 0.05) is 19.6 Å². The van der Waals surface area contributed by atoms with Crippen LogP contribution in [0, 0.1) is 10.1 Å². The first-order valence-electron chi connectivity index (χ1n) is 6.42. The highest BCUT2D eigenvalue weighted by molar-refractivity contribution is 6.32. The summed E-state index contributed by atoms with van der Waals surface area (Å²) in [4.78, 5) is 10.4. The van der Waals surface area contributed by atoms with Crippen LogP contribution in [0.1, 0.15) is 6.42 Å². The lowest BCUT2D eigenvalue weighted by Gasteiger charge is -2.40. The molecule has 0 amide bonds. The Bertz CT molecular complexity index is 511. The SMILES string of the molecule is COCCOC1C(O)CC1Oc1c(Cl)cccc1[N+](=O)[O-]. The maximum Gasteiger partial charge on any atom is 0.312 e. The number of halogens is 1. The summed E-state index contributed by atoms with van der Waals surface area (Å²) in [5.41, 5.74) is -0.209. The van der Waals surface area contributed by atoms with Crippen molar-refractivity contribution in [2.75, 3.05) is 20.3 Å². The summed E-state index contributed by atoms with van der Waals surface area (Å²) in [7, 11) is 1.54. The molecule has 1 aliphatic carbocycles. The van der Waals surface area contributed by atoms with Gasteiger partial charge in [-0.1, -0.05) is 17.7 Å². The third kappa shape index (κ3) is 3.62. The van der Waals surface area contributed by atoms with E-state index in [-0.39, 0.29) is 16.5 Å². The van der Waals surface area contributed by atoms with E-state index >= 15 is 0 Å². The normalized spacial score (nSPS) is 24.4. The fourth-order valence-corrected chi connectivity index (χ4v) is 2.28. The van der Waals surface area contributed by atoms with E-state index in [0.717, 1.165) is 0 Å². The largest absolute Gasteiger partial charge is 0.479 e. The number of hydrogen-bond donors (Lipinski definition) is 1. The smallest absolute Gasteiger partial charge is 0.312 e. The molecular weight excluding hydrogens is 302 g/mol. The molecule has 2 rings (SSSR count). The predicted octanol–water partition coefficient (Wildman–Crippen LogP) is 1.79. The minimum absolute atomic E-state index is 0.00130. The highest BCUT2D eigenvalue weighted by atomic mass is 35.5. The number of nitro benzene ring substituents is 1. The van der Waals surface area contributed by atoms with Crippen molar-refractivity contribution < 1.29 is 24.2 Å². The van der Waals surface area contributed by atoms with Crippen LogP contribution in [0.15, 0.2) is 18.2 Å². The molecule has 0 heterocycles. The van der Waals surface area contributed by atoms with Crippen molar-refractivity contribution >= 4 is 17.3 Å². The molecule has 0 bridgehead atoms. The predicted molar refractivity (Wildman–Crippen MR) is 74.8 cm³/mol. The van der Waals surface area contributed by atoms with Gasteiger partial charge in [-0.15, -0.1) is 0 Å². The Morgan fingerprint density at radius 2 is 2.24 bits per heavy atom. The van der Waals surface area contributed by atoms with E-state index in [1.54, 1.807) is 7.11 Å². The highest BCUT2D eigenvalue weighted by Gasteiger charge is 2.44. The van der Waals surface area contributed by atoms with Gasteiger partial charge in [0.2, 0.25) is 5.75 Å². The van der Waals surface area contributed by atoms with Gasteiger partial charge in [0.25, 0.3) is 0 Å². The second-order valence-electron chi connectivity index (χ2n) is 4.63. The molecule has 1 N–H and O–H groups in total. The minimum Gasteiger partial charge on any atom is -0.479 e. The Morgan fingerprint density at radius 3 is 2.86 bits per heavy atom. The van der Waals surface area contributed by atoms with Crippen LogP contribution in [0.4, 0.5) is 5.69 Å². The summed E-state index contributed by atoms with van der Waals surface area (Å²) in [5, 5.41) is 20.8. The van der Waals surface area contributed by atoms with Gasteiger partial charge in [0.15, 0.2) is 0 Å². The number of nitro groups is 1. The van der Waals surface area contributed by atoms with E-state index in [2.05, 4.69) is 0 Å². The van der Waals surface area contributed by atoms with E-state index in [4.69, 9.17) is 25.8 Å². The zero-order valence-corrected chi connectivity index (χ0v) is 12.2. The fraction of sp³-hybridized carbons (Fsp3) is 0.538. The van der Waals surface area contributed by atoms with Crippen LogP contribution in [0.5, 0.6) is 5.75 Å². The molecule has 116 valence electrons. The molecule has 1 aliphatic rings. The van der Waals surface area contributed by atoms with E-state index in [9.17, 15) is 15.2 Å². The quantitative estimate of drug-likeness (QED) is 0.468. The number of para-hydroxylation sites is 1. The number of hydrogen-bond acceptors (Lipinski definition) is 6. The first-order chi connectivity index (χ1) is 10.0.